The van der Waals surface area contributed by atoms with Crippen LogP contribution in [0.15, 0.2) is 36.4 Å². The van der Waals surface area contributed by atoms with Gasteiger partial charge in [0.1, 0.15) is 0 Å². The number of fused-ring (bicyclic) bond motifs is 2. The summed E-state index contributed by atoms with van der Waals surface area (Å²) in [5, 5.41) is 5.70. The van der Waals surface area contributed by atoms with Gasteiger partial charge in [0, 0.05) is 23.9 Å². The monoisotopic (exact) mass is 324 g/mol. The van der Waals surface area contributed by atoms with Gasteiger partial charge in [-0.1, -0.05) is 12.1 Å². The first-order chi connectivity index (χ1) is 11.7. The fourth-order valence-electron chi connectivity index (χ4n) is 2.91. The van der Waals surface area contributed by atoms with Gasteiger partial charge in [-0.3, -0.25) is 9.59 Å². The van der Waals surface area contributed by atoms with Crippen molar-refractivity contribution in [1.82, 2.24) is 0 Å². The van der Waals surface area contributed by atoms with Gasteiger partial charge < -0.3 is 20.1 Å². The average molecular weight is 324 g/mol. The van der Waals surface area contributed by atoms with Crippen LogP contribution in [-0.4, -0.2) is 18.6 Å². The minimum atomic E-state index is -0.103. The van der Waals surface area contributed by atoms with Crippen molar-refractivity contribution >= 4 is 23.2 Å². The molecule has 2 N–H and O–H groups in total. The van der Waals surface area contributed by atoms with Crippen molar-refractivity contribution in [2.24, 2.45) is 0 Å². The van der Waals surface area contributed by atoms with Gasteiger partial charge in [0.15, 0.2) is 11.5 Å². The number of rotatable bonds is 3. The van der Waals surface area contributed by atoms with Crippen LogP contribution in [0.2, 0.25) is 0 Å². The minimum absolute atomic E-state index is 0.0378. The number of carbonyl (C=O) groups excluding carboxylic acids is 2. The summed E-state index contributed by atoms with van der Waals surface area (Å²) in [5.74, 6) is 1.26. The standard InChI is InChI=1S/C18H16N2O4/c21-17-6-2-12-7-11(1-4-14(12)20-17)8-18(22)19-13-3-5-15-16(9-13)24-10-23-15/h1,3-5,7,9H,2,6,8,10H2,(H,19,22)(H,20,21). The topological polar surface area (TPSA) is 76.7 Å². The summed E-state index contributed by atoms with van der Waals surface area (Å²) in [6, 6.07) is 11.0. The molecule has 0 aromatic heterocycles. The van der Waals surface area contributed by atoms with Crippen molar-refractivity contribution < 1.29 is 19.1 Å². The van der Waals surface area contributed by atoms with Crippen LogP contribution in [0.25, 0.3) is 0 Å². The highest BCUT2D eigenvalue weighted by Gasteiger charge is 2.16. The number of hydrogen-bond acceptors (Lipinski definition) is 4. The number of hydrogen-bond donors (Lipinski definition) is 2. The molecule has 2 aliphatic rings. The molecule has 6 heteroatoms. The molecule has 0 saturated carbocycles. The number of anilines is 2. The Morgan fingerprint density at radius 3 is 2.88 bits per heavy atom. The Bertz CT molecular complexity index is 832. The minimum Gasteiger partial charge on any atom is -0.454 e. The van der Waals surface area contributed by atoms with Crippen LogP contribution in [0.3, 0.4) is 0 Å². The van der Waals surface area contributed by atoms with Gasteiger partial charge in [0.25, 0.3) is 0 Å². The molecule has 0 spiro atoms. The lowest BCUT2D eigenvalue weighted by molar-refractivity contribution is -0.117. The number of benzene rings is 2. The van der Waals surface area contributed by atoms with Gasteiger partial charge in [-0.25, -0.2) is 0 Å². The summed E-state index contributed by atoms with van der Waals surface area (Å²) in [6.45, 7) is 0.207. The Labute approximate surface area is 138 Å². The summed E-state index contributed by atoms with van der Waals surface area (Å²) in [7, 11) is 0. The van der Waals surface area contributed by atoms with E-state index in [1.807, 2.05) is 18.2 Å². The zero-order valence-electron chi connectivity index (χ0n) is 12.9. The van der Waals surface area contributed by atoms with Crippen molar-refractivity contribution in [3.8, 4) is 11.5 Å². The average Bonchev–Trinajstić information content (AvgIpc) is 3.02. The Kier molecular flexibility index (Phi) is 3.57. The molecule has 0 radical (unpaired) electrons. The van der Waals surface area contributed by atoms with E-state index in [1.54, 1.807) is 18.2 Å². The van der Waals surface area contributed by atoms with Crippen LogP contribution in [0.4, 0.5) is 11.4 Å². The van der Waals surface area contributed by atoms with Crippen molar-refractivity contribution in [3.05, 3.63) is 47.5 Å². The maximum atomic E-state index is 12.2. The van der Waals surface area contributed by atoms with E-state index >= 15 is 0 Å². The Balaban J connectivity index is 1.44. The van der Waals surface area contributed by atoms with Crippen LogP contribution < -0.4 is 20.1 Å². The first kappa shape index (κ1) is 14.6. The second-order valence-corrected chi connectivity index (χ2v) is 5.83. The highest BCUT2D eigenvalue weighted by molar-refractivity contribution is 5.95. The molecule has 24 heavy (non-hydrogen) atoms. The maximum absolute atomic E-state index is 12.2. The number of nitrogens with one attached hydrogen (secondary N) is 2. The predicted octanol–water partition coefficient (Wildman–Crippen LogP) is 2.48. The smallest absolute Gasteiger partial charge is 0.231 e. The van der Waals surface area contributed by atoms with Crippen LogP contribution in [0, 0.1) is 0 Å². The van der Waals surface area contributed by atoms with E-state index < -0.39 is 0 Å². The van der Waals surface area contributed by atoms with E-state index in [4.69, 9.17) is 9.47 Å². The van der Waals surface area contributed by atoms with Gasteiger partial charge in [0.2, 0.25) is 18.6 Å². The highest BCUT2D eigenvalue weighted by atomic mass is 16.7. The van der Waals surface area contributed by atoms with E-state index in [-0.39, 0.29) is 25.0 Å². The summed E-state index contributed by atoms with van der Waals surface area (Å²) in [6.07, 6.45) is 1.47. The number of amides is 2. The van der Waals surface area contributed by atoms with Gasteiger partial charge in [-0.15, -0.1) is 0 Å². The van der Waals surface area contributed by atoms with E-state index in [9.17, 15) is 9.59 Å². The highest BCUT2D eigenvalue weighted by Crippen LogP contribution is 2.34. The molecule has 0 aliphatic carbocycles. The second kappa shape index (κ2) is 5.88. The molecule has 122 valence electrons. The molecule has 0 bridgehead atoms. The quantitative estimate of drug-likeness (QED) is 0.909. The molecule has 4 rings (SSSR count). The number of carbonyl (C=O) groups is 2. The lowest BCUT2D eigenvalue weighted by atomic mass is 9.99. The first-order valence-corrected chi connectivity index (χ1v) is 7.78. The molecule has 0 fully saturated rings. The predicted molar refractivity (Wildman–Crippen MR) is 88.3 cm³/mol. The van der Waals surface area contributed by atoms with Gasteiger partial charge in [-0.05, 0) is 35.7 Å². The molecule has 6 nitrogen and oxygen atoms in total. The third kappa shape index (κ3) is 2.90. The largest absolute Gasteiger partial charge is 0.454 e. The molecule has 2 aromatic carbocycles. The molecule has 2 aliphatic heterocycles. The summed E-state index contributed by atoms with van der Waals surface area (Å²) >= 11 is 0. The third-order valence-electron chi connectivity index (χ3n) is 4.09. The number of aryl methyl sites for hydroxylation is 1. The lowest BCUT2D eigenvalue weighted by Crippen LogP contribution is -2.19. The van der Waals surface area contributed by atoms with Gasteiger partial charge in [-0.2, -0.15) is 0 Å². The van der Waals surface area contributed by atoms with Crippen molar-refractivity contribution in [1.29, 1.82) is 0 Å². The fourth-order valence-corrected chi connectivity index (χ4v) is 2.91. The Morgan fingerprint density at radius 2 is 1.96 bits per heavy atom. The molecule has 0 unspecified atom stereocenters. The van der Waals surface area contributed by atoms with E-state index in [0.717, 1.165) is 16.8 Å². The van der Waals surface area contributed by atoms with Crippen LogP contribution in [-0.2, 0) is 22.4 Å². The van der Waals surface area contributed by atoms with Gasteiger partial charge >= 0.3 is 0 Å². The normalized spacial score (nSPS) is 14.8. The maximum Gasteiger partial charge on any atom is 0.231 e. The summed E-state index contributed by atoms with van der Waals surface area (Å²) in [4.78, 5) is 23.6. The van der Waals surface area contributed by atoms with Crippen molar-refractivity contribution in [2.75, 3.05) is 17.4 Å². The molecular weight excluding hydrogens is 308 g/mol. The first-order valence-electron chi connectivity index (χ1n) is 7.78. The molecule has 2 aromatic rings. The Morgan fingerprint density at radius 1 is 1.08 bits per heavy atom. The molecule has 0 atom stereocenters. The second-order valence-electron chi connectivity index (χ2n) is 5.83. The molecule has 2 amide bonds. The molecular formula is C18H16N2O4. The summed E-state index contributed by atoms with van der Waals surface area (Å²) in [5.41, 5.74) is 3.51. The molecule has 2 heterocycles. The van der Waals surface area contributed by atoms with Crippen molar-refractivity contribution in [2.45, 2.75) is 19.3 Å². The zero-order valence-corrected chi connectivity index (χ0v) is 12.9. The third-order valence-corrected chi connectivity index (χ3v) is 4.09. The van der Waals surface area contributed by atoms with E-state index in [2.05, 4.69) is 10.6 Å². The van der Waals surface area contributed by atoms with E-state index in [1.165, 1.54) is 0 Å². The Hall–Kier alpha value is -3.02. The zero-order chi connectivity index (χ0) is 16.5. The van der Waals surface area contributed by atoms with Crippen LogP contribution in [0.1, 0.15) is 17.5 Å². The fraction of sp³-hybridized carbons (Fsp3) is 0.222. The SMILES string of the molecule is O=C(Cc1ccc2c(c1)CCC(=O)N2)Nc1ccc2c(c1)OCO2. The number of ether oxygens (including phenoxy) is 2. The summed E-state index contributed by atoms with van der Waals surface area (Å²) < 4.78 is 10.6. The van der Waals surface area contributed by atoms with Crippen molar-refractivity contribution in [3.63, 3.8) is 0 Å². The van der Waals surface area contributed by atoms with Crippen LogP contribution in [0.5, 0.6) is 11.5 Å². The van der Waals surface area contributed by atoms with Crippen LogP contribution >= 0.6 is 0 Å². The lowest BCUT2D eigenvalue weighted by Gasteiger charge is -2.17. The van der Waals surface area contributed by atoms with E-state index in [0.29, 0.717) is 30.0 Å². The molecule has 0 saturated heterocycles. The van der Waals surface area contributed by atoms with Gasteiger partial charge in [0.05, 0.1) is 6.42 Å².